The van der Waals surface area contributed by atoms with Crippen molar-refractivity contribution >= 4 is 5.91 Å². The Balaban J connectivity index is 1.48. The zero-order valence-electron chi connectivity index (χ0n) is 19.4. The van der Waals surface area contributed by atoms with E-state index in [1.54, 1.807) is 0 Å². The second kappa shape index (κ2) is 8.14. The molecule has 3 aliphatic rings. The molecule has 1 aliphatic carbocycles. The van der Waals surface area contributed by atoms with Gasteiger partial charge in [0.1, 0.15) is 6.54 Å². The average Bonchev–Trinajstić information content (AvgIpc) is 2.90. The number of fused-ring (bicyclic) bond motifs is 1. The number of amides is 1. The molecule has 1 saturated carbocycles. The minimum atomic E-state index is -0.332. The molecule has 6 heteroatoms. The molecule has 6 nitrogen and oxygen atoms in total. The first kappa shape index (κ1) is 21.4. The Hall–Kier alpha value is -2.47. The summed E-state index contributed by atoms with van der Waals surface area (Å²) in [5.41, 5.74) is 2.55. The van der Waals surface area contributed by atoms with Gasteiger partial charge in [0.2, 0.25) is 5.91 Å². The third-order valence-corrected chi connectivity index (χ3v) is 8.23. The van der Waals surface area contributed by atoms with E-state index in [0.29, 0.717) is 11.7 Å². The quantitative estimate of drug-likeness (QED) is 0.803. The van der Waals surface area contributed by atoms with E-state index in [-0.39, 0.29) is 41.7 Å². The van der Waals surface area contributed by atoms with Crippen LogP contribution in [-0.2, 0) is 17.8 Å². The molecule has 0 unspecified atom stereocenters. The molecule has 1 amide bonds. The van der Waals surface area contributed by atoms with E-state index in [0.717, 1.165) is 31.4 Å². The molecule has 170 valence electrons. The first-order chi connectivity index (χ1) is 15.4. The fourth-order valence-corrected chi connectivity index (χ4v) is 6.68. The first-order valence-electron chi connectivity index (χ1n) is 12.0. The van der Waals surface area contributed by atoms with Gasteiger partial charge in [-0.3, -0.25) is 9.36 Å². The van der Waals surface area contributed by atoms with Gasteiger partial charge >= 0.3 is 5.69 Å². The molecule has 1 N–H and O–H groups in total. The number of nitrogens with one attached hydrogen (secondary N) is 1. The zero-order chi connectivity index (χ0) is 22.5. The molecule has 3 heterocycles. The fraction of sp³-hybridized carbons (Fsp3) is 0.577. The van der Waals surface area contributed by atoms with Gasteiger partial charge in [-0.15, -0.1) is 0 Å². The lowest BCUT2D eigenvalue weighted by Crippen LogP contribution is -2.57. The van der Waals surface area contributed by atoms with Gasteiger partial charge < -0.3 is 10.2 Å². The fourth-order valence-electron chi connectivity index (χ4n) is 6.68. The predicted octanol–water partition coefficient (Wildman–Crippen LogP) is 2.99. The van der Waals surface area contributed by atoms with Gasteiger partial charge in [0.25, 0.3) is 0 Å². The van der Waals surface area contributed by atoms with E-state index >= 15 is 0 Å². The van der Waals surface area contributed by atoms with Gasteiger partial charge in [-0.2, -0.15) is 4.98 Å². The molecule has 0 radical (unpaired) electrons. The summed E-state index contributed by atoms with van der Waals surface area (Å²) in [7, 11) is 0. The predicted molar refractivity (Wildman–Crippen MR) is 124 cm³/mol. The zero-order valence-corrected chi connectivity index (χ0v) is 19.4. The topological polar surface area (TPSA) is 67.2 Å². The van der Waals surface area contributed by atoms with Crippen LogP contribution >= 0.6 is 0 Å². The minimum Gasteiger partial charge on any atom is -0.333 e. The van der Waals surface area contributed by atoms with Crippen LogP contribution in [0.15, 0.2) is 41.2 Å². The maximum absolute atomic E-state index is 13.8. The Kier molecular flexibility index (Phi) is 5.44. The summed E-state index contributed by atoms with van der Waals surface area (Å²) in [6, 6.07) is 13.5. The smallest absolute Gasteiger partial charge is 0.333 e. The molecule has 2 bridgehead atoms. The van der Waals surface area contributed by atoms with Crippen LogP contribution in [0, 0.1) is 19.3 Å². The van der Waals surface area contributed by atoms with E-state index in [9.17, 15) is 9.59 Å². The number of likely N-dealkylation sites (tertiary alicyclic amines) is 1. The average molecular weight is 435 g/mol. The van der Waals surface area contributed by atoms with Gasteiger partial charge in [0.15, 0.2) is 0 Å². The Morgan fingerprint density at radius 1 is 1.19 bits per heavy atom. The molecule has 2 aromatic rings. The number of nitrogens with zero attached hydrogens (tertiary/aromatic N) is 3. The van der Waals surface area contributed by atoms with E-state index in [2.05, 4.69) is 46.4 Å². The van der Waals surface area contributed by atoms with Gasteiger partial charge in [-0.1, -0.05) is 50.1 Å². The number of benzene rings is 1. The van der Waals surface area contributed by atoms with Gasteiger partial charge in [-0.05, 0) is 51.2 Å². The summed E-state index contributed by atoms with van der Waals surface area (Å²) in [6.07, 6.45) is 6.54. The van der Waals surface area contributed by atoms with Crippen molar-refractivity contribution < 1.29 is 4.79 Å². The SMILES string of the molecule is Cc1cc(C)n(CC(=O)N2[C@H]3CCCC[C@H]4N[C@@H](Cc5ccccc5)[C@@H]2C[C@@]34C)c(=O)n1. The van der Waals surface area contributed by atoms with Gasteiger partial charge in [-0.25, -0.2) is 4.79 Å². The van der Waals surface area contributed by atoms with Crippen molar-refractivity contribution in [3.05, 3.63) is 63.8 Å². The van der Waals surface area contributed by atoms with Crippen molar-refractivity contribution in [1.29, 1.82) is 0 Å². The van der Waals surface area contributed by atoms with E-state index < -0.39 is 0 Å². The molecule has 2 aliphatic heterocycles. The van der Waals surface area contributed by atoms with Crippen molar-refractivity contribution in [3.63, 3.8) is 0 Å². The van der Waals surface area contributed by atoms with Crippen molar-refractivity contribution in [2.75, 3.05) is 0 Å². The minimum absolute atomic E-state index is 0.0574. The Bertz CT molecular complexity index is 1070. The van der Waals surface area contributed by atoms with E-state index in [1.807, 2.05) is 26.0 Å². The number of piperidine rings is 1. The molecule has 1 aromatic heterocycles. The Labute approximate surface area is 190 Å². The van der Waals surface area contributed by atoms with Crippen molar-refractivity contribution in [2.24, 2.45) is 5.41 Å². The normalized spacial score (nSPS) is 31.4. The lowest BCUT2D eigenvalue weighted by atomic mass is 9.70. The molecule has 1 aromatic carbocycles. The van der Waals surface area contributed by atoms with Gasteiger partial charge in [0, 0.05) is 41.0 Å². The molecule has 5 atom stereocenters. The van der Waals surface area contributed by atoms with Crippen LogP contribution in [0.5, 0.6) is 0 Å². The van der Waals surface area contributed by atoms with Crippen molar-refractivity contribution in [2.45, 2.75) is 90.0 Å². The Morgan fingerprint density at radius 2 is 1.94 bits per heavy atom. The third kappa shape index (κ3) is 3.58. The highest BCUT2D eigenvalue weighted by atomic mass is 16.2. The van der Waals surface area contributed by atoms with Crippen LogP contribution in [0.25, 0.3) is 0 Å². The summed E-state index contributed by atoms with van der Waals surface area (Å²) >= 11 is 0. The number of rotatable bonds is 4. The number of carbonyl (C=O) groups is 1. The monoisotopic (exact) mass is 434 g/mol. The molecular formula is C26H34N4O2. The molecule has 0 spiro atoms. The summed E-state index contributed by atoms with van der Waals surface area (Å²) in [6.45, 7) is 6.15. The van der Waals surface area contributed by atoms with Crippen LogP contribution in [-0.4, -0.2) is 44.5 Å². The second-order valence-corrected chi connectivity index (χ2v) is 10.3. The van der Waals surface area contributed by atoms with Crippen LogP contribution in [0.2, 0.25) is 0 Å². The molecule has 32 heavy (non-hydrogen) atoms. The summed E-state index contributed by atoms with van der Waals surface area (Å²) in [4.78, 5) is 32.6. The Morgan fingerprint density at radius 3 is 2.69 bits per heavy atom. The standard InChI is InChI=1S/C26H34N4O2/c1-17-13-18(2)29(25(32)27-17)16-24(31)30-21-15-26(3)22(11-7-8-12-23(26)30)28-20(21)14-19-9-5-4-6-10-19/h4-6,9-10,13,20-23,28H,7-8,11-12,14-16H2,1-3H3/t20-,21-,22+,23-,26+/m0/s1. The van der Waals surface area contributed by atoms with E-state index in [4.69, 9.17) is 0 Å². The number of carbonyl (C=O) groups excluding carboxylic acids is 1. The highest BCUT2D eigenvalue weighted by Crippen LogP contribution is 2.52. The number of aromatic nitrogens is 2. The molecule has 2 saturated heterocycles. The maximum Gasteiger partial charge on any atom is 0.348 e. The van der Waals surface area contributed by atoms with Gasteiger partial charge in [0.05, 0.1) is 0 Å². The van der Waals surface area contributed by atoms with Crippen LogP contribution in [0.3, 0.4) is 0 Å². The highest BCUT2D eigenvalue weighted by molar-refractivity contribution is 5.77. The summed E-state index contributed by atoms with van der Waals surface area (Å²) in [5.74, 6) is 0.0574. The maximum atomic E-state index is 13.8. The second-order valence-electron chi connectivity index (χ2n) is 10.3. The van der Waals surface area contributed by atoms with Crippen LogP contribution in [0.1, 0.15) is 56.0 Å². The van der Waals surface area contributed by atoms with E-state index in [1.165, 1.54) is 23.0 Å². The number of aryl methyl sites for hydroxylation is 2. The molecular weight excluding hydrogens is 400 g/mol. The van der Waals surface area contributed by atoms with Crippen LogP contribution in [0.4, 0.5) is 0 Å². The summed E-state index contributed by atoms with van der Waals surface area (Å²) < 4.78 is 1.54. The lowest BCUT2D eigenvalue weighted by molar-refractivity contribution is -0.135. The third-order valence-electron chi connectivity index (χ3n) is 8.23. The van der Waals surface area contributed by atoms with Crippen LogP contribution < -0.4 is 11.0 Å². The first-order valence-corrected chi connectivity index (χ1v) is 12.0. The summed E-state index contributed by atoms with van der Waals surface area (Å²) in [5, 5.41) is 3.98. The van der Waals surface area contributed by atoms with Crippen molar-refractivity contribution in [3.8, 4) is 0 Å². The largest absolute Gasteiger partial charge is 0.348 e. The van der Waals surface area contributed by atoms with Crippen molar-refractivity contribution in [1.82, 2.24) is 19.8 Å². The number of hydrogen-bond donors (Lipinski definition) is 1. The number of hydrogen-bond acceptors (Lipinski definition) is 4. The molecule has 5 rings (SSSR count). The molecule has 3 fully saturated rings. The highest BCUT2D eigenvalue weighted by Gasteiger charge is 2.60. The lowest BCUT2D eigenvalue weighted by Gasteiger charge is -2.43.